The van der Waals surface area contributed by atoms with E-state index in [1.807, 2.05) is 48.5 Å². The third kappa shape index (κ3) is 3.40. The third-order valence-corrected chi connectivity index (χ3v) is 4.05. The highest BCUT2D eigenvalue weighted by molar-refractivity contribution is 6.01. The number of hydrogen-bond acceptors (Lipinski definition) is 4. The molecule has 3 rings (SSSR count). The standard InChI is InChI=1S/C19H20N2O3/c1-2-24-19(23)15(13-8-4-3-5-9-13)12-17-20-16-11-7-6-10-14(16)18(22)21-17/h3-11,15,17,20H,2,12H2,1H3,(H,21,22)/t15?,17-/m0/s1. The highest BCUT2D eigenvalue weighted by atomic mass is 16.5. The minimum atomic E-state index is -0.436. The van der Waals surface area contributed by atoms with E-state index in [9.17, 15) is 9.59 Å². The minimum absolute atomic E-state index is 0.134. The number of carbonyl (C=O) groups is 2. The molecule has 0 saturated heterocycles. The van der Waals surface area contributed by atoms with Crippen LogP contribution in [0.4, 0.5) is 5.69 Å². The maximum absolute atomic E-state index is 12.4. The van der Waals surface area contributed by atoms with Gasteiger partial charge < -0.3 is 15.4 Å². The van der Waals surface area contributed by atoms with Crippen LogP contribution in [0.1, 0.15) is 35.2 Å². The van der Waals surface area contributed by atoms with Crippen LogP contribution in [0.2, 0.25) is 0 Å². The summed E-state index contributed by atoms with van der Waals surface area (Å²) in [6.07, 6.45) is 0.0881. The molecule has 0 saturated carbocycles. The molecule has 1 aliphatic heterocycles. The van der Waals surface area contributed by atoms with Crippen molar-refractivity contribution >= 4 is 17.6 Å². The molecule has 2 atom stereocenters. The molecule has 124 valence electrons. The maximum Gasteiger partial charge on any atom is 0.313 e. The van der Waals surface area contributed by atoms with E-state index in [4.69, 9.17) is 4.74 Å². The Morgan fingerprint density at radius 1 is 1.08 bits per heavy atom. The van der Waals surface area contributed by atoms with E-state index in [0.29, 0.717) is 18.6 Å². The average molecular weight is 324 g/mol. The lowest BCUT2D eigenvalue weighted by Crippen LogP contribution is -2.46. The van der Waals surface area contributed by atoms with Gasteiger partial charge in [0, 0.05) is 12.1 Å². The second kappa shape index (κ2) is 7.17. The SMILES string of the molecule is CCOC(=O)C(C[C@@H]1NC(=O)c2ccccc2N1)c1ccccc1. The first kappa shape index (κ1) is 16.1. The van der Waals surface area contributed by atoms with Crippen molar-refractivity contribution in [3.05, 3.63) is 65.7 Å². The predicted octanol–water partition coefficient (Wildman–Crippen LogP) is 2.91. The number of anilines is 1. The first-order valence-corrected chi connectivity index (χ1v) is 8.07. The molecule has 0 bridgehead atoms. The summed E-state index contributed by atoms with van der Waals surface area (Å²) in [6.45, 7) is 2.12. The second-order valence-corrected chi connectivity index (χ2v) is 5.67. The zero-order chi connectivity index (χ0) is 16.9. The highest BCUT2D eigenvalue weighted by Gasteiger charge is 2.30. The fraction of sp³-hybridized carbons (Fsp3) is 0.263. The van der Waals surface area contributed by atoms with Gasteiger partial charge in [-0.05, 0) is 24.6 Å². The molecule has 5 nitrogen and oxygen atoms in total. The monoisotopic (exact) mass is 324 g/mol. The number of amides is 1. The van der Waals surface area contributed by atoms with Crippen molar-refractivity contribution in [1.82, 2.24) is 5.32 Å². The van der Waals surface area contributed by atoms with Gasteiger partial charge in [-0.2, -0.15) is 0 Å². The number of ether oxygens (including phenoxy) is 1. The van der Waals surface area contributed by atoms with Gasteiger partial charge in [-0.15, -0.1) is 0 Å². The van der Waals surface area contributed by atoms with E-state index in [0.717, 1.165) is 11.3 Å². The number of nitrogens with one attached hydrogen (secondary N) is 2. The Morgan fingerprint density at radius 3 is 2.54 bits per heavy atom. The Kier molecular flexibility index (Phi) is 4.79. The zero-order valence-corrected chi connectivity index (χ0v) is 13.5. The molecule has 24 heavy (non-hydrogen) atoms. The quantitative estimate of drug-likeness (QED) is 0.830. The highest BCUT2D eigenvalue weighted by Crippen LogP contribution is 2.27. The summed E-state index contributed by atoms with van der Waals surface area (Å²) in [6, 6.07) is 16.8. The molecule has 1 unspecified atom stereocenters. The van der Waals surface area contributed by atoms with E-state index in [-0.39, 0.29) is 18.0 Å². The van der Waals surface area contributed by atoms with Crippen LogP contribution in [0.5, 0.6) is 0 Å². The molecule has 2 aromatic carbocycles. The molecule has 0 aromatic heterocycles. The van der Waals surface area contributed by atoms with Gasteiger partial charge in [0.15, 0.2) is 0 Å². The molecule has 0 fully saturated rings. The summed E-state index contributed by atoms with van der Waals surface area (Å²) in [5, 5.41) is 6.20. The number of rotatable bonds is 5. The largest absolute Gasteiger partial charge is 0.466 e. The van der Waals surface area contributed by atoms with Gasteiger partial charge in [-0.3, -0.25) is 9.59 Å². The van der Waals surface area contributed by atoms with Crippen LogP contribution in [0.15, 0.2) is 54.6 Å². The molecule has 1 amide bonds. The second-order valence-electron chi connectivity index (χ2n) is 5.67. The van der Waals surface area contributed by atoms with Gasteiger partial charge in [0.2, 0.25) is 0 Å². The van der Waals surface area contributed by atoms with Crippen molar-refractivity contribution in [2.45, 2.75) is 25.4 Å². The Labute approximate surface area is 141 Å². The van der Waals surface area contributed by atoms with Crippen LogP contribution in [-0.2, 0) is 9.53 Å². The van der Waals surface area contributed by atoms with Gasteiger partial charge in [0.1, 0.15) is 6.17 Å². The molecule has 1 aliphatic rings. The van der Waals surface area contributed by atoms with Gasteiger partial charge in [-0.1, -0.05) is 42.5 Å². The van der Waals surface area contributed by atoms with Crippen molar-refractivity contribution in [3.63, 3.8) is 0 Å². The summed E-state index contributed by atoms with van der Waals surface area (Å²) in [4.78, 5) is 24.6. The van der Waals surface area contributed by atoms with Crippen LogP contribution in [0.3, 0.4) is 0 Å². The summed E-state index contributed by atoms with van der Waals surface area (Å²) < 4.78 is 5.22. The van der Waals surface area contributed by atoms with E-state index < -0.39 is 5.92 Å². The molecular weight excluding hydrogens is 304 g/mol. The number of benzene rings is 2. The fourth-order valence-electron chi connectivity index (χ4n) is 2.92. The Balaban J connectivity index is 1.81. The molecule has 0 spiro atoms. The number of para-hydroxylation sites is 1. The zero-order valence-electron chi connectivity index (χ0n) is 13.5. The Hall–Kier alpha value is -2.82. The van der Waals surface area contributed by atoms with Gasteiger partial charge in [0.05, 0.1) is 18.1 Å². The Bertz CT molecular complexity index is 730. The molecule has 2 N–H and O–H groups in total. The predicted molar refractivity (Wildman–Crippen MR) is 91.8 cm³/mol. The van der Waals surface area contributed by atoms with Crippen molar-refractivity contribution in [2.75, 3.05) is 11.9 Å². The van der Waals surface area contributed by atoms with Crippen molar-refractivity contribution in [3.8, 4) is 0 Å². The van der Waals surface area contributed by atoms with E-state index >= 15 is 0 Å². The summed E-state index contributed by atoms with van der Waals surface area (Å²) in [5.74, 6) is -0.849. The van der Waals surface area contributed by atoms with Crippen LogP contribution in [0.25, 0.3) is 0 Å². The summed E-state index contributed by atoms with van der Waals surface area (Å²) in [5.41, 5.74) is 2.27. The number of carbonyl (C=O) groups excluding carboxylic acids is 2. The molecule has 2 aromatic rings. The van der Waals surface area contributed by atoms with Crippen LogP contribution >= 0.6 is 0 Å². The van der Waals surface area contributed by atoms with Gasteiger partial charge >= 0.3 is 5.97 Å². The van der Waals surface area contributed by atoms with Crippen molar-refractivity contribution in [1.29, 1.82) is 0 Å². The smallest absolute Gasteiger partial charge is 0.313 e. The van der Waals surface area contributed by atoms with Gasteiger partial charge in [0.25, 0.3) is 5.91 Å². The van der Waals surface area contributed by atoms with Crippen LogP contribution < -0.4 is 10.6 Å². The van der Waals surface area contributed by atoms with Crippen molar-refractivity contribution < 1.29 is 14.3 Å². The number of fused-ring (bicyclic) bond motifs is 1. The lowest BCUT2D eigenvalue weighted by atomic mass is 9.93. The molecule has 0 aliphatic carbocycles. The molecule has 1 heterocycles. The summed E-state index contributed by atoms with van der Waals surface area (Å²) >= 11 is 0. The minimum Gasteiger partial charge on any atom is -0.466 e. The van der Waals surface area contributed by atoms with Crippen molar-refractivity contribution in [2.24, 2.45) is 0 Å². The average Bonchev–Trinajstić information content (AvgIpc) is 2.61. The van der Waals surface area contributed by atoms with E-state index in [2.05, 4.69) is 10.6 Å². The van der Waals surface area contributed by atoms with Gasteiger partial charge in [-0.25, -0.2) is 0 Å². The first-order valence-electron chi connectivity index (χ1n) is 8.07. The normalized spacial score (nSPS) is 17.2. The fourth-order valence-corrected chi connectivity index (χ4v) is 2.92. The first-order chi connectivity index (χ1) is 11.7. The molecular formula is C19H20N2O3. The lowest BCUT2D eigenvalue weighted by Gasteiger charge is -2.30. The third-order valence-electron chi connectivity index (χ3n) is 4.05. The lowest BCUT2D eigenvalue weighted by molar-refractivity contribution is -0.145. The summed E-state index contributed by atoms with van der Waals surface area (Å²) in [7, 11) is 0. The van der Waals surface area contributed by atoms with E-state index in [1.165, 1.54) is 0 Å². The van der Waals surface area contributed by atoms with E-state index in [1.54, 1.807) is 13.0 Å². The maximum atomic E-state index is 12.4. The van der Waals surface area contributed by atoms with Crippen LogP contribution in [-0.4, -0.2) is 24.6 Å². The van der Waals surface area contributed by atoms with Crippen LogP contribution in [0, 0.1) is 0 Å². The Morgan fingerprint density at radius 2 is 1.79 bits per heavy atom. The molecule has 0 radical (unpaired) electrons. The topological polar surface area (TPSA) is 67.4 Å². The molecule has 5 heteroatoms. The number of hydrogen-bond donors (Lipinski definition) is 2. The number of esters is 1.